The SMILES string of the molecule is c1ccc2cc3c(cc2c1)c1cc2c4ccccc4n(-c4nc(-c5cccc6ccccc56)nc5ccccc45)c2c2c4ccccc4n3c12. The van der Waals surface area contributed by atoms with E-state index >= 15 is 0 Å². The van der Waals surface area contributed by atoms with Gasteiger partial charge in [0.1, 0.15) is 5.82 Å². The van der Waals surface area contributed by atoms with Crippen LogP contribution in [0, 0.1) is 0 Å². The van der Waals surface area contributed by atoms with Crippen molar-refractivity contribution in [3.05, 3.63) is 158 Å². The maximum atomic E-state index is 5.52. The van der Waals surface area contributed by atoms with Gasteiger partial charge in [0, 0.05) is 43.3 Å². The summed E-state index contributed by atoms with van der Waals surface area (Å²) in [5, 5.41) is 13.3. The zero-order chi connectivity index (χ0) is 32.5. The van der Waals surface area contributed by atoms with E-state index in [1.807, 2.05) is 0 Å². The normalized spacial score (nSPS) is 12.4. The lowest BCUT2D eigenvalue weighted by atomic mass is 10.0. The number of nitrogens with zero attached hydrogens (tertiary/aromatic N) is 4. The third kappa shape index (κ3) is 3.30. The third-order valence-corrected chi connectivity index (χ3v) is 10.8. The van der Waals surface area contributed by atoms with Crippen LogP contribution in [0.2, 0.25) is 0 Å². The minimum absolute atomic E-state index is 0.722. The predicted octanol–water partition coefficient (Wildman–Crippen LogP) is 11.9. The Kier molecular flexibility index (Phi) is 4.94. The van der Waals surface area contributed by atoms with Crippen molar-refractivity contribution < 1.29 is 0 Å². The van der Waals surface area contributed by atoms with Crippen LogP contribution in [-0.2, 0) is 0 Å². The van der Waals surface area contributed by atoms with E-state index in [0.717, 1.165) is 39.0 Å². The van der Waals surface area contributed by atoms with E-state index in [-0.39, 0.29) is 0 Å². The molecule has 12 aromatic rings. The number of hydrogen-bond donors (Lipinski definition) is 0. The fraction of sp³-hybridized carbons (Fsp3) is 0. The fourth-order valence-electron chi connectivity index (χ4n) is 8.68. The molecule has 0 N–H and O–H groups in total. The zero-order valence-electron chi connectivity index (χ0n) is 26.8. The highest BCUT2D eigenvalue weighted by Crippen LogP contribution is 2.47. The first-order chi connectivity index (χ1) is 24.8. The summed E-state index contributed by atoms with van der Waals surface area (Å²) in [6, 6.07) is 56.8. The van der Waals surface area contributed by atoms with Crippen LogP contribution >= 0.6 is 0 Å². The Morgan fingerprint density at radius 1 is 0.380 bits per heavy atom. The predicted molar refractivity (Wildman–Crippen MR) is 209 cm³/mol. The lowest BCUT2D eigenvalue weighted by Gasteiger charge is -2.14. The number of para-hydroxylation sites is 3. The topological polar surface area (TPSA) is 35.1 Å². The maximum absolute atomic E-state index is 5.52. The Balaban J connectivity index is 1.31. The van der Waals surface area contributed by atoms with Crippen LogP contribution in [0.25, 0.3) is 110 Å². The van der Waals surface area contributed by atoms with E-state index in [9.17, 15) is 0 Å². The molecule has 50 heavy (non-hydrogen) atoms. The van der Waals surface area contributed by atoms with Crippen molar-refractivity contribution >= 4 is 92.3 Å². The van der Waals surface area contributed by atoms with E-state index in [0.29, 0.717) is 0 Å². The Labute approximate surface area is 285 Å². The average Bonchev–Trinajstić information content (AvgIpc) is 3.80. The molecule has 8 aromatic carbocycles. The van der Waals surface area contributed by atoms with Crippen molar-refractivity contribution in [2.75, 3.05) is 0 Å². The summed E-state index contributed by atoms with van der Waals surface area (Å²) in [6.45, 7) is 0. The standard InChI is InChI=1S/C46H26N4/c1-2-14-29-25-41-35(24-28(29)13-1)37-26-36-31-17-6-9-22-39(31)50(44(36)42-34-19-7-10-23-40(34)49(41)43(37)42)46-33-18-5-8-21-38(33)47-45(48-46)32-20-11-15-27-12-3-4-16-30(27)32/h1-26H. The molecule has 0 unspecified atom stereocenters. The first-order valence-corrected chi connectivity index (χ1v) is 17.1. The second-order valence-corrected chi connectivity index (χ2v) is 13.4. The number of rotatable bonds is 2. The molecule has 4 nitrogen and oxygen atoms in total. The molecule has 0 aliphatic carbocycles. The minimum Gasteiger partial charge on any atom is -0.308 e. The van der Waals surface area contributed by atoms with Crippen LogP contribution < -0.4 is 0 Å². The van der Waals surface area contributed by atoms with Gasteiger partial charge in [0.15, 0.2) is 5.82 Å². The highest BCUT2D eigenvalue weighted by atomic mass is 15.1. The molecule has 0 saturated carbocycles. The van der Waals surface area contributed by atoms with Crippen molar-refractivity contribution in [3.63, 3.8) is 0 Å². The van der Waals surface area contributed by atoms with Gasteiger partial charge >= 0.3 is 0 Å². The summed E-state index contributed by atoms with van der Waals surface area (Å²) in [4.78, 5) is 10.7. The van der Waals surface area contributed by atoms with Gasteiger partial charge in [-0.15, -0.1) is 0 Å². The fourth-order valence-corrected chi connectivity index (χ4v) is 8.68. The maximum Gasteiger partial charge on any atom is 0.162 e. The first-order valence-electron chi connectivity index (χ1n) is 17.1. The minimum atomic E-state index is 0.722. The number of fused-ring (bicyclic) bond motifs is 13. The van der Waals surface area contributed by atoms with Crippen molar-refractivity contribution in [1.82, 2.24) is 18.9 Å². The smallest absolute Gasteiger partial charge is 0.162 e. The summed E-state index contributed by atoms with van der Waals surface area (Å²) in [6.07, 6.45) is 0. The molecule has 0 fully saturated rings. The second-order valence-electron chi connectivity index (χ2n) is 13.4. The summed E-state index contributed by atoms with van der Waals surface area (Å²) < 4.78 is 4.90. The first kappa shape index (κ1) is 26.2. The Morgan fingerprint density at radius 3 is 1.88 bits per heavy atom. The molecule has 0 radical (unpaired) electrons. The van der Waals surface area contributed by atoms with Crippen molar-refractivity contribution in [2.24, 2.45) is 0 Å². The molecule has 0 aliphatic rings. The third-order valence-electron chi connectivity index (χ3n) is 10.8. The Bertz CT molecular complexity index is 3380. The molecule has 0 spiro atoms. The largest absolute Gasteiger partial charge is 0.308 e. The van der Waals surface area contributed by atoms with Crippen LogP contribution in [-0.4, -0.2) is 18.9 Å². The molecule has 0 saturated heterocycles. The summed E-state index contributed by atoms with van der Waals surface area (Å²) in [5.41, 5.74) is 7.95. The average molecular weight is 635 g/mol. The van der Waals surface area contributed by atoms with Crippen LogP contribution in [0.15, 0.2) is 158 Å². The number of benzene rings is 8. The highest BCUT2D eigenvalue weighted by Gasteiger charge is 2.26. The number of hydrogen-bond acceptors (Lipinski definition) is 2. The molecule has 4 heteroatoms. The van der Waals surface area contributed by atoms with Crippen molar-refractivity contribution in [1.29, 1.82) is 0 Å². The Hall–Kier alpha value is -6.78. The molecule has 4 aromatic heterocycles. The summed E-state index contributed by atoms with van der Waals surface area (Å²) in [7, 11) is 0. The molecule has 4 heterocycles. The molecule has 0 aliphatic heterocycles. The monoisotopic (exact) mass is 634 g/mol. The molecular weight excluding hydrogens is 609 g/mol. The van der Waals surface area contributed by atoms with Gasteiger partial charge < -0.3 is 4.40 Å². The van der Waals surface area contributed by atoms with Gasteiger partial charge in [0.25, 0.3) is 0 Å². The van der Waals surface area contributed by atoms with E-state index in [1.165, 1.54) is 70.5 Å². The van der Waals surface area contributed by atoms with Gasteiger partial charge in [-0.25, -0.2) is 9.97 Å². The van der Waals surface area contributed by atoms with Gasteiger partial charge in [0.2, 0.25) is 0 Å². The molecule has 0 bridgehead atoms. The number of aromatic nitrogens is 4. The molecule has 230 valence electrons. The molecule has 0 atom stereocenters. The quantitative estimate of drug-likeness (QED) is 0.190. The lowest BCUT2D eigenvalue weighted by molar-refractivity contribution is 1.08. The molecule has 12 rings (SSSR count). The van der Waals surface area contributed by atoms with E-state index in [2.05, 4.69) is 167 Å². The van der Waals surface area contributed by atoms with Gasteiger partial charge in [0.05, 0.1) is 33.1 Å². The van der Waals surface area contributed by atoms with Crippen LogP contribution in [0.1, 0.15) is 0 Å². The molecule has 0 amide bonds. The molecular formula is C46H26N4. The summed E-state index contributed by atoms with van der Waals surface area (Å²) >= 11 is 0. The Morgan fingerprint density at radius 2 is 1.02 bits per heavy atom. The van der Waals surface area contributed by atoms with Crippen LogP contribution in [0.3, 0.4) is 0 Å². The highest BCUT2D eigenvalue weighted by molar-refractivity contribution is 6.34. The van der Waals surface area contributed by atoms with Gasteiger partial charge in [-0.3, -0.25) is 4.57 Å². The van der Waals surface area contributed by atoms with Crippen molar-refractivity contribution in [3.8, 4) is 17.2 Å². The second kappa shape index (κ2) is 9.43. The van der Waals surface area contributed by atoms with Gasteiger partial charge in [-0.2, -0.15) is 0 Å². The van der Waals surface area contributed by atoms with Gasteiger partial charge in [-0.1, -0.05) is 115 Å². The lowest BCUT2D eigenvalue weighted by Crippen LogP contribution is -2.03. The van der Waals surface area contributed by atoms with E-state index in [4.69, 9.17) is 9.97 Å². The summed E-state index contributed by atoms with van der Waals surface area (Å²) in [5.74, 6) is 1.61. The van der Waals surface area contributed by atoms with E-state index < -0.39 is 0 Å². The zero-order valence-corrected chi connectivity index (χ0v) is 26.8. The van der Waals surface area contributed by atoms with Crippen molar-refractivity contribution in [2.45, 2.75) is 0 Å². The van der Waals surface area contributed by atoms with E-state index in [1.54, 1.807) is 0 Å². The van der Waals surface area contributed by atoms with Crippen LogP contribution in [0.5, 0.6) is 0 Å². The van der Waals surface area contributed by atoms with Crippen LogP contribution in [0.4, 0.5) is 0 Å². The van der Waals surface area contributed by atoms with Gasteiger partial charge in [-0.05, 0) is 64.0 Å².